The second-order valence-electron chi connectivity index (χ2n) is 8.90. The Morgan fingerprint density at radius 2 is 1.28 bits per heavy atom. The fourth-order valence-electron chi connectivity index (χ4n) is 4.10. The molecule has 29 heavy (non-hydrogen) atoms. The van der Waals surface area contributed by atoms with Gasteiger partial charge in [-0.1, -0.05) is 72.8 Å². The number of rotatable bonds is 2. The molecule has 1 fully saturated rings. The van der Waals surface area contributed by atoms with E-state index in [4.69, 9.17) is 9.31 Å². The van der Waals surface area contributed by atoms with Crippen LogP contribution in [-0.4, -0.2) is 18.3 Å². The minimum atomic E-state index is -0.362. The molecule has 1 aliphatic rings. The molecule has 2 nitrogen and oxygen atoms in total. The van der Waals surface area contributed by atoms with Crippen molar-refractivity contribution in [1.29, 1.82) is 0 Å². The van der Waals surface area contributed by atoms with Crippen LogP contribution in [0.15, 0.2) is 78.9 Å². The zero-order valence-electron chi connectivity index (χ0n) is 17.4. The monoisotopic (exact) mass is 380 g/mol. The lowest BCUT2D eigenvalue weighted by atomic mass is 9.77. The molecule has 1 aliphatic heterocycles. The number of benzene rings is 4. The first-order valence-electron chi connectivity index (χ1n) is 10.2. The first-order valence-corrected chi connectivity index (χ1v) is 10.2. The molecule has 4 aromatic carbocycles. The van der Waals surface area contributed by atoms with Gasteiger partial charge < -0.3 is 9.31 Å². The predicted molar refractivity (Wildman–Crippen MR) is 123 cm³/mol. The zero-order chi connectivity index (χ0) is 20.2. The Bertz CT molecular complexity index is 1200. The molecular formula is C26H25BO2. The summed E-state index contributed by atoms with van der Waals surface area (Å²) in [5.74, 6) is 0. The SMILES string of the molecule is CC1(C)OB(c2ccc3c(c2)c(-c2ccccc2)cc2ccccc23)OC1(C)C. The molecule has 0 spiro atoms. The molecule has 1 heterocycles. The van der Waals surface area contributed by atoms with E-state index in [9.17, 15) is 0 Å². The van der Waals surface area contributed by atoms with Gasteiger partial charge in [-0.3, -0.25) is 0 Å². The van der Waals surface area contributed by atoms with Gasteiger partial charge in [-0.2, -0.15) is 0 Å². The Hall–Kier alpha value is -2.62. The third-order valence-electron chi connectivity index (χ3n) is 6.49. The van der Waals surface area contributed by atoms with Crippen LogP contribution >= 0.6 is 0 Å². The summed E-state index contributed by atoms with van der Waals surface area (Å²) in [5.41, 5.74) is 2.81. The molecule has 0 atom stereocenters. The van der Waals surface area contributed by atoms with E-state index in [0.717, 1.165) is 5.46 Å². The van der Waals surface area contributed by atoms with E-state index in [0.29, 0.717) is 0 Å². The van der Waals surface area contributed by atoms with Gasteiger partial charge in [0.25, 0.3) is 0 Å². The highest BCUT2D eigenvalue weighted by molar-refractivity contribution is 6.62. The molecule has 0 radical (unpaired) electrons. The Kier molecular flexibility index (Phi) is 4.09. The Morgan fingerprint density at radius 1 is 0.621 bits per heavy atom. The summed E-state index contributed by atoms with van der Waals surface area (Å²) in [5, 5.41) is 4.99. The Balaban J connectivity index is 1.74. The van der Waals surface area contributed by atoms with Crippen molar-refractivity contribution in [2.75, 3.05) is 0 Å². The Morgan fingerprint density at radius 3 is 2.00 bits per heavy atom. The summed E-state index contributed by atoms with van der Waals surface area (Å²) in [6, 6.07) is 28.1. The van der Waals surface area contributed by atoms with Crippen LogP contribution in [0, 0.1) is 0 Å². The van der Waals surface area contributed by atoms with Gasteiger partial charge in [-0.25, -0.2) is 0 Å². The average molecular weight is 380 g/mol. The van der Waals surface area contributed by atoms with Gasteiger partial charge in [-0.15, -0.1) is 0 Å². The van der Waals surface area contributed by atoms with E-state index in [1.807, 2.05) is 0 Å². The molecule has 0 unspecified atom stereocenters. The van der Waals surface area contributed by atoms with Crippen molar-refractivity contribution in [3.63, 3.8) is 0 Å². The first-order chi connectivity index (χ1) is 13.9. The molecule has 4 aromatic rings. The summed E-state index contributed by atoms with van der Waals surface area (Å²) < 4.78 is 12.6. The van der Waals surface area contributed by atoms with E-state index < -0.39 is 0 Å². The molecule has 0 saturated carbocycles. The summed E-state index contributed by atoms with van der Waals surface area (Å²) >= 11 is 0. The largest absolute Gasteiger partial charge is 0.494 e. The van der Waals surface area contributed by atoms with Crippen LogP contribution in [0.5, 0.6) is 0 Å². The third-order valence-corrected chi connectivity index (χ3v) is 6.49. The minimum Gasteiger partial charge on any atom is -0.399 e. The maximum atomic E-state index is 6.31. The van der Waals surface area contributed by atoms with Crippen LogP contribution in [-0.2, 0) is 9.31 Å². The first kappa shape index (κ1) is 18.4. The molecule has 3 heteroatoms. The van der Waals surface area contributed by atoms with E-state index in [2.05, 4.69) is 107 Å². The molecule has 0 aliphatic carbocycles. The number of fused-ring (bicyclic) bond motifs is 3. The van der Waals surface area contributed by atoms with Crippen LogP contribution in [0.1, 0.15) is 27.7 Å². The van der Waals surface area contributed by atoms with Gasteiger partial charge in [0.2, 0.25) is 0 Å². The highest BCUT2D eigenvalue weighted by Crippen LogP contribution is 2.38. The van der Waals surface area contributed by atoms with Gasteiger partial charge >= 0.3 is 7.12 Å². The van der Waals surface area contributed by atoms with Crippen LogP contribution in [0.4, 0.5) is 0 Å². The highest BCUT2D eigenvalue weighted by atomic mass is 16.7. The predicted octanol–water partition coefficient (Wildman–Crippen LogP) is 5.96. The van der Waals surface area contributed by atoms with E-state index in [1.165, 1.54) is 32.7 Å². The van der Waals surface area contributed by atoms with Crippen molar-refractivity contribution in [3.8, 4) is 11.1 Å². The summed E-state index contributed by atoms with van der Waals surface area (Å²) in [7, 11) is -0.362. The third kappa shape index (κ3) is 2.97. The number of hydrogen-bond acceptors (Lipinski definition) is 2. The summed E-state index contributed by atoms with van der Waals surface area (Å²) in [6.07, 6.45) is 0. The molecule has 0 amide bonds. The molecule has 0 N–H and O–H groups in total. The van der Waals surface area contributed by atoms with E-state index in [-0.39, 0.29) is 18.3 Å². The van der Waals surface area contributed by atoms with Crippen molar-refractivity contribution >= 4 is 34.1 Å². The fraction of sp³-hybridized carbons (Fsp3) is 0.231. The molecule has 0 bridgehead atoms. The van der Waals surface area contributed by atoms with Crippen LogP contribution in [0.25, 0.3) is 32.7 Å². The van der Waals surface area contributed by atoms with Crippen LogP contribution < -0.4 is 5.46 Å². The molecular weight excluding hydrogens is 355 g/mol. The zero-order valence-corrected chi connectivity index (χ0v) is 17.4. The lowest BCUT2D eigenvalue weighted by Gasteiger charge is -2.32. The summed E-state index contributed by atoms with van der Waals surface area (Å²) in [6.45, 7) is 8.38. The highest BCUT2D eigenvalue weighted by Gasteiger charge is 2.51. The van der Waals surface area contributed by atoms with Crippen LogP contribution in [0.2, 0.25) is 0 Å². The smallest absolute Gasteiger partial charge is 0.399 e. The van der Waals surface area contributed by atoms with Crippen molar-refractivity contribution in [2.45, 2.75) is 38.9 Å². The van der Waals surface area contributed by atoms with Crippen molar-refractivity contribution in [2.24, 2.45) is 0 Å². The lowest BCUT2D eigenvalue weighted by molar-refractivity contribution is 0.00578. The van der Waals surface area contributed by atoms with Crippen molar-refractivity contribution in [3.05, 3.63) is 78.9 Å². The quantitative estimate of drug-likeness (QED) is 0.316. The van der Waals surface area contributed by atoms with Crippen LogP contribution in [0.3, 0.4) is 0 Å². The molecule has 1 saturated heterocycles. The molecule has 5 rings (SSSR count). The van der Waals surface area contributed by atoms with Gasteiger partial charge in [0.1, 0.15) is 0 Å². The maximum Gasteiger partial charge on any atom is 0.494 e. The normalized spacial score (nSPS) is 17.9. The number of hydrogen-bond donors (Lipinski definition) is 0. The van der Waals surface area contributed by atoms with Gasteiger partial charge in [0.15, 0.2) is 0 Å². The summed E-state index contributed by atoms with van der Waals surface area (Å²) in [4.78, 5) is 0. The van der Waals surface area contributed by atoms with E-state index in [1.54, 1.807) is 0 Å². The van der Waals surface area contributed by atoms with Gasteiger partial charge in [0, 0.05) is 0 Å². The molecule has 0 aromatic heterocycles. The topological polar surface area (TPSA) is 18.5 Å². The van der Waals surface area contributed by atoms with Gasteiger partial charge in [-0.05, 0) is 71.9 Å². The standard InChI is InChI=1S/C26H25BO2/c1-25(2)26(3,4)29-27(28-25)20-14-15-22-21-13-9-8-12-19(21)16-23(24(22)17-20)18-10-6-5-7-11-18/h5-17H,1-4H3. The molecule has 144 valence electrons. The van der Waals surface area contributed by atoms with Gasteiger partial charge in [0.05, 0.1) is 11.2 Å². The maximum absolute atomic E-state index is 6.31. The minimum absolute atomic E-state index is 0.349. The second-order valence-corrected chi connectivity index (χ2v) is 8.90. The van der Waals surface area contributed by atoms with E-state index >= 15 is 0 Å². The van der Waals surface area contributed by atoms with Crippen molar-refractivity contribution < 1.29 is 9.31 Å². The lowest BCUT2D eigenvalue weighted by Crippen LogP contribution is -2.41. The van der Waals surface area contributed by atoms with Crippen molar-refractivity contribution in [1.82, 2.24) is 0 Å². The Labute approximate surface area is 172 Å². The average Bonchev–Trinajstić information content (AvgIpc) is 2.95. The second kappa shape index (κ2) is 6.45. The fourth-order valence-corrected chi connectivity index (χ4v) is 4.10.